The zero-order chi connectivity index (χ0) is 13.0. The third kappa shape index (κ3) is 3.61. The van der Waals surface area contributed by atoms with Crippen LogP contribution in [-0.4, -0.2) is 34.4 Å². The second-order valence-corrected chi connectivity index (χ2v) is 5.44. The number of oxime groups is 1. The Morgan fingerprint density at radius 1 is 1.65 bits per heavy atom. The molecule has 0 aromatic carbocycles. The highest BCUT2D eigenvalue weighted by atomic mass is 35.5. The molecule has 0 fully saturated rings. The van der Waals surface area contributed by atoms with Crippen LogP contribution in [0, 0.1) is 0 Å². The molecular formula is C10H14ClN3O2S. The molecule has 0 saturated heterocycles. The van der Waals surface area contributed by atoms with Crippen LogP contribution < -0.4 is 5.73 Å². The Kier molecular flexibility index (Phi) is 4.77. The zero-order valence-corrected chi connectivity index (χ0v) is 11.1. The topological polar surface area (TPSA) is 78.9 Å². The predicted octanol–water partition coefficient (Wildman–Crippen LogP) is 2.00. The molecule has 0 aliphatic carbocycles. The number of halogens is 1. The fraction of sp³-hybridized carbons (Fsp3) is 0.400. The summed E-state index contributed by atoms with van der Waals surface area (Å²) in [5, 5.41) is 11.4. The summed E-state index contributed by atoms with van der Waals surface area (Å²) in [4.78, 5) is 14.2. The van der Waals surface area contributed by atoms with Gasteiger partial charge in [-0.25, -0.2) is 0 Å². The lowest BCUT2D eigenvalue weighted by molar-refractivity contribution is 0.0739. The highest BCUT2D eigenvalue weighted by Gasteiger charge is 2.21. The normalized spacial score (nSPS) is 11.9. The van der Waals surface area contributed by atoms with Gasteiger partial charge in [-0.15, -0.1) is 11.3 Å². The van der Waals surface area contributed by atoms with Gasteiger partial charge in [-0.05, 0) is 26.0 Å². The van der Waals surface area contributed by atoms with Crippen molar-refractivity contribution in [2.24, 2.45) is 10.9 Å². The van der Waals surface area contributed by atoms with Gasteiger partial charge in [-0.1, -0.05) is 16.8 Å². The first-order valence-corrected chi connectivity index (χ1v) is 6.18. The molecule has 7 heteroatoms. The molecule has 3 N–H and O–H groups in total. The number of amidine groups is 1. The summed E-state index contributed by atoms with van der Waals surface area (Å²) < 4.78 is 0.556. The van der Waals surface area contributed by atoms with Crippen LogP contribution in [0.15, 0.2) is 17.3 Å². The zero-order valence-electron chi connectivity index (χ0n) is 9.55. The second-order valence-electron chi connectivity index (χ2n) is 3.72. The molecule has 0 radical (unpaired) electrons. The van der Waals surface area contributed by atoms with E-state index in [9.17, 15) is 4.79 Å². The van der Waals surface area contributed by atoms with Crippen molar-refractivity contribution in [3.8, 4) is 0 Å². The van der Waals surface area contributed by atoms with E-state index in [4.69, 9.17) is 22.5 Å². The largest absolute Gasteiger partial charge is 0.409 e. The molecule has 94 valence electrons. The first-order chi connectivity index (χ1) is 7.95. The van der Waals surface area contributed by atoms with Gasteiger partial charge in [0, 0.05) is 6.04 Å². The van der Waals surface area contributed by atoms with E-state index in [0.29, 0.717) is 9.21 Å². The summed E-state index contributed by atoms with van der Waals surface area (Å²) in [5.41, 5.74) is 5.42. The Bertz CT molecular complexity index is 431. The molecule has 1 aromatic heterocycles. The van der Waals surface area contributed by atoms with Crippen molar-refractivity contribution >= 4 is 34.7 Å². The van der Waals surface area contributed by atoms with E-state index in [1.807, 2.05) is 13.8 Å². The van der Waals surface area contributed by atoms with Gasteiger partial charge in [0.25, 0.3) is 5.91 Å². The van der Waals surface area contributed by atoms with Crippen molar-refractivity contribution in [2.75, 3.05) is 6.54 Å². The van der Waals surface area contributed by atoms with E-state index in [0.717, 1.165) is 0 Å². The third-order valence-corrected chi connectivity index (χ3v) is 3.35. The molecule has 0 saturated carbocycles. The number of nitrogens with two attached hydrogens (primary N) is 1. The number of carbonyl (C=O) groups is 1. The lowest BCUT2D eigenvalue weighted by atomic mass is 10.3. The molecule has 0 aliphatic rings. The van der Waals surface area contributed by atoms with E-state index in [-0.39, 0.29) is 24.3 Å². The lowest BCUT2D eigenvalue weighted by Crippen LogP contribution is -2.42. The quantitative estimate of drug-likeness (QED) is 0.382. The van der Waals surface area contributed by atoms with E-state index in [1.165, 1.54) is 16.2 Å². The standard InChI is InChI=1S/C10H14ClN3O2S/c1-6(2)14(5-9(12)13-16)10(15)7-3-4-8(11)17-7/h3-4,6,16H,5H2,1-2H3,(H2,12,13). The Morgan fingerprint density at radius 2 is 2.29 bits per heavy atom. The molecule has 17 heavy (non-hydrogen) atoms. The van der Waals surface area contributed by atoms with E-state index >= 15 is 0 Å². The Balaban J connectivity index is 2.88. The van der Waals surface area contributed by atoms with Gasteiger partial charge in [0.15, 0.2) is 5.84 Å². The summed E-state index contributed by atoms with van der Waals surface area (Å²) in [6.45, 7) is 3.80. The summed E-state index contributed by atoms with van der Waals surface area (Å²) in [6.07, 6.45) is 0. The maximum absolute atomic E-state index is 12.1. The molecule has 1 heterocycles. The van der Waals surface area contributed by atoms with Crippen LogP contribution in [0.3, 0.4) is 0 Å². The minimum Gasteiger partial charge on any atom is -0.409 e. The first kappa shape index (κ1) is 13.8. The number of hydrogen-bond donors (Lipinski definition) is 2. The summed E-state index contributed by atoms with van der Waals surface area (Å²) in [7, 11) is 0. The molecule has 0 spiro atoms. The fourth-order valence-corrected chi connectivity index (χ4v) is 2.26. The van der Waals surface area contributed by atoms with Gasteiger partial charge in [0.05, 0.1) is 15.8 Å². The van der Waals surface area contributed by atoms with Gasteiger partial charge in [0.1, 0.15) is 0 Å². The Labute approximate surface area is 108 Å². The van der Waals surface area contributed by atoms with Crippen LogP contribution in [0.25, 0.3) is 0 Å². The number of amides is 1. The average Bonchev–Trinajstić information content (AvgIpc) is 2.71. The fourth-order valence-electron chi connectivity index (χ4n) is 1.27. The highest BCUT2D eigenvalue weighted by Crippen LogP contribution is 2.23. The smallest absolute Gasteiger partial charge is 0.264 e. The minimum atomic E-state index is -0.177. The number of rotatable bonds is 4. The predicted molar refractivity (Wildman–Crippen MR) is 68.9 cm³/mol. The van der Waals surface area contributed by atoms with Crippen molar-refractivity contribution in [3.05, 3.63) is 21.3 Å². The lowest BCUT2D eigenvalue weighted by Gasteiger charge is -2.25. The highest BCUT2D eigenvalue weighted by molar-refractivity contribution is 7.17. The number of thiophene rings is 1. The molecule has 0 unspecified atom stereocenters. The SMILES string of the molecule is CC(C)N(CC(N)=NO)C(=O)c1ccc(Cl)s1. The van der Waals surface area contributed by atoms with Crippen LogP contribution in [0.4, 0.5) is 0 Å². The van der Waals surface area contributed by atoms with Crippen molar-refractivity contribution < 1.29 is 10.0 Å². The van der Waals surface area contributed by atoms with Crippen LogP contribution in [0.5, 0.6) is 0 Å². The Morgan fingerprint density at radius 3 is 2.71 bits per heavy atom. The Hall–Kier alpha value is -1.27. The van der Waals surface area contributed by atoms with Gasteiger partial charge < -0.3 is 15.8 Å². The van der Waals surface area contributed by atoms with Crippen LogP contribution in [0.2, 0.25) is 4.34 Å². The third-order valence-electron chi connectivity index (χ3n) is 2.13. The molecule has 1 amide bonds. The van der Waals surface area contributed by atoms with Gasteiger partial charge in [-0.2, -0.15) is 0 Å². The molecule has 1 rings (SSSR count). The first-order valence-electron chi connectivity index (χ1n) is 4.98. The summed E-state index contributed by atoms with van der Waals surface area (Å²) >= 11 is 6.99. The minimum absolute atomic E-state index is 0.00490. The van der Waals surface area contributed by atoms with E-state index in [2.05, 4.69) is 5.16 Å². The van der Waals surface area contributed by atoms with Crippen LogP contribution >= 0.6 is 22.9 Å². The van der Waals surface area contributed by atoms with Gasteiger partial charge >= 0.3 is 0 Å². The van der Waals surface area contributed by atoms with Gasteiger partial charge in [-0.3, -0.25) is 4.79 Å². The van der Waals surface area contributed by atoms with Crippen molar-refractivity contribution in [3.63, 3.8) is 0 Å². The monoisotopic (exact) mass is 275 g/mol. The number of hydrogen-bond acceptors (Lipinski definition) is 4. The number of carbonyl (C=O) groups excluding carboxylic acids is 1. The van der Waals surface area contributed by atoms with Gasteiger partial charge in [0.2, 0.25) is 0 Å². The molecule has 1 aromatic rings. The molecule has 0 aliphatic heterocycles. The molecular weight excluding hydrogens is 262 g/mol. The molecule has 5 nitrogen and oxygen atoms in total. The average molecular weight is 276 g/mol. The van der Waals surface area contributed by atoms with Crippen molar-refractivity contribution in [2.45, 2.75) is 19.9 Å². The molecule has 0 atom stereocenters. The van der Waals surface area contributed by atoms with E-state index in [1.54, 1.807) is 12.1 Å². The van der Waals surface area contributed by atoms with Crippen LogP contribution in [-0.2, 0) is 0 Å². The number of nitrogens with zero attached hydrogens (tertiary/aromatic N) is 2. The van der Waals surface area contributed by atoms with Crippen LogP contribution in [0.1, 0.15) is 23.5 Å². The van der Waals surface area contributed by atoms with Crippen molar-refractivity contribution in [1.82, 2.24) is 4.90 Å². The second kappa shape index (κ2) is 5.88. The maximum atomic E-state index is 12.1. The molecule has 0 bridgehead atoms. The maximum Gasteiger partial charge on any atom is 0.264 e. The van der Waals surface area contributed by atoms with E-state index < -0.39 is 0 Å². The van der Waals surface area contributed by atoms with Crippen molar-refractivity contribution in [1.29, 1.82) is 0 Å². The summed E-state index contributed by atoms with van der Waals surface area (Å²) in [6, 6.07) is 3.28. The summed E-state index contributed by atoms with van der Waals surface area (Å²) in [5.74, 6) is -0.182.